The molecule has 182 valence electrons. The van der Waals surface area contributed by atoms with Gasteiger partial charge in [0.25, 0.3) is 5.91 Å². The highest BCUT2D eigenvalue weighted by Crippen LogP contribution is 2.28. The molecular weight excluding hydrogens is 462 g/mol. The Morgan fingerprint density at radius 2 is 1.77 bits per heavy atom. The number of nitrogens with one attached hydrogen (secondary N) is 1. The van der Waals surface area contributed by atoms with Crippen molar-refractivity contribution >= 4 is 29.3 Å². The van der Waals surface area contributed by atoms with E-state index in [2.05, 4.69) is 46.8 Å². The third-order valence-electron chi connectivity index (χ3n) is 6.76. The number of aromatic nitrogens is 3. The van der Waals surface area contributed by atoms with Gasteiger partial charge in [-0.05, 0) is 55.9 Å². The second-order valence-electron chi connectivity index (χ2n) is 9.06. The highest BCUT2D eigenvalue weighted by molar-refractivity contribution is 7.98. The number of ether oxygens (including phenoxy) is 1. The van der Waals surface area contributed by atoms with Crippen molar-refractivity contribution in [3.63, 3.8) is 0 Å². The molecule has 1 N–H and O–H groups in total. The van der Waals surface area contributed by atoms with Gasteiger partial charge in [-0.25, -0.2) is 4.68 Å². The summed E-state index contributed by atoms with van der Waals surface area (Å²) in [5, 5.41) is 11.4. The number of rotatable bonds is 5. The number of nitrogens with zero attached hydrogens (tertiary/aromatic N) is 4. The highest BCUT2D eigenvalue weighted by atomic mass is 32.2. The van der Waals surface area contributed by atoms with Crippen LogP contribution in [0.2, 0.25) is 0 Å². The van der Waals surface area contributed by atoms with Gasteiger partial charge in [-0.2, -0.15) is 0 Å². The van der Waals surface area contributed by atoms with E-state index in [1.54, 1.807) is 21.3 Å². The van der Waals surface area contributed by atoms with Gasteiger partial charge in [-0.15, -0.1) is 16.9 Å². The van der Waals surface area contributed by atoms with Crippen molar-refractivity contribution in [3.05, 3.63) is 71.0 Å². The van der Waals surface area contributed by atoms with E-state index in [1.807, 2.05) is 30.5 Å². The first kappa shape index (κ1) is 23.6. The van der Waals surface area contributed by atoms with Gasteiger partial charge in [0.1, 0.15) is 6.10 Å². The predicted molar refractivity (Wildman–Crippen MR) is 134 cm³/mol. The zero-order chi connectivity index (χ0) is 24.4. The smallest absolute Gasteiger partial charge is 0.276 e. The number of carbonyl (C=O) groups is 2. The van der Waals surface area contributed by atoms with Crippen LogP contribution in [0.25, 0.3) is 0 Å². The average molecular weight is 492 g/mol. The number of likely N-dealkylation sites (tertiary alicyclic amines) is 1. The standard InChI is InChI=1S/C26H29N5O3S/c1-17-3-5-18(6-4-17)23-15-31-22(16-34-23)24(28-29-31)26(33)30-13-11-19(12-14-30)25(32)27-20-7-9-21(35-2)10-8-20/h3-10,19,23H,11-16H2,1-2H3,(H,27,32)/t23-/m0/s1. The monoisotopic (exact) mass is 491 g/mol. The van der Waals surface area contributed by atoms with E-state index in [1.165, 1.54) is 5.56 Å². The number of fused-ring (bicyclic) bond motifs is 1. The van der Waals surface area contributed by atoms with Crippen molar-refractivity contribution < 1.29 is 14.3 Å². The molecule has 1 fully saturated rings. The number of aryl methyl sites for hydroxylation is 1. The van der Waals surface area contributed by atoms with Crippen LogP contribution in [0.4, 0.5) is 5.69 Å². The quantitative estimate of drug-likeness (QED) is 0.541. The molecule has 2 amide bonds. The van der Waals surface area contributed by atoms with E-state index >= 15 is 0 Å². The highest BCUT2D eigenvalue weighted by Gasteiger charge is 2.33. The van der Waals surface area contributed by atoms with Gasteiger partial charge in [0, 0.05) is 29.6 Å². The Hall–Kier alpha value is -3.17. The Morgan fingerprint density at radius 1 is 1.06 bits per heavy atom. The van der Waals surface area contributed by atoms with Crippen molar-refractivity contribution in [2.24, 2.45) is 5.92 Å². The maximum absolute atomic E-state index is 13.2. The summed E-state index contributed by atoms with van der Waals surface area (Å²) >= 11 is 1.66. The van der Waals surface area contributed by atoms with Gasteiger partial charge in [0.15, 0.2) is 5.69 Å². The van der Waals surface area contributed by atoms with Crippen LogP contribution in [-0.4, -0.2) is 51.1 Å². The van der Waals surface area contributed by atoms with Crippen molar-refractivity contribution in [1.82, 2.24) is 19.9 Å². The first-order chi connectivity index (χ1) is 17.0. The predicted octanol–water partition coefficient (Wildman–Crippen LogP) is 4.07. The Morgan fingerprint density at radius 3 is 2.46 bits per heavy atom. The molecule has 35 heavy (non-hydrogen) atoms. The van der Waals surface area contributed by atoms with E-state index in [9.17, 15) is 9.59 Å². The summed E-state index contributed by atoms with van der Waals surface area (Å²) in [6, 6.07) is 16.1. The third-order valence-corrected chi connectivity index (χ3v) is 7.50. The summed E-state index contributed by atoms with van der Waals surface area (Å²) in [6.07, 6.45) is 3.15. The molecule has 2 aliphatic heterocycles. The maximum Gasteiger partial charge on any atom is 0.276 e. The summed E-state index contributed by atoms with van der Waals surface area (Å²) in [4.78, 5) is 28.9. The van der Waals surface area contributed by atoms with Crippen LogP contribution in [0.3, 0.4) is 0 Å². The Labute approximate surface area is 209 Å². The van der Waals surface area contributed by atoms with Crippen molar-refractivity contribution in [2.75, 3.05) is 24.7 Å². The molecule has 5 rings (SSSR count). The lowest BCUT2D eigenvalue weighted by atomic mass is 9.95. The molecule has 9 heteroatoms. The first-order valence-electron chi connectivity index (χ1n) is 11.9. The van der Waals surface area contributed by atoms with Crippen LogP contribution in [0.1, 0.15) is 46.3 Å². The van der Waals surface area contributed by atoms with Crippen LogP contribution in [0.15, 0.2) is 53.4 Å². The van der Waals surface area contributed by atoms with Crippen LogP contribution in [0, 0.1) is 12.8 Å². The lowest BCUT2D eigenvalue weighted by molar-refractivity contribution is -0.121. The second kappa shape index (κ2) is 10.2. The minimum Gasteiger partial charge on any atom is -0.365 e. The van der Waals surface area contributed by atoms with Gasteiger partial charge < -0.3 is 15.0 Å². The number of hydrogen-bond donors (Lipinski definition) is 1. The number of benzene rings is 2. The molecule has 0 unspecified atom stereocenters. The summed E-state index contributed by atoms with van der Waals surface area (Å²) in [5.41, 5.74) is 4.15. The Balaban J connectivity index is 1.17. The molecule has 3 heterocycles. The molecule has 0 saturated carbocycles. The maximum atomic E-state index is 13.2. The van der Waals surface area contributed by atoms with Crippen molar-refractivity contribution in [1.29, 1.82) is 0 Å². The van der Waals surface area contributed by atoms with Gasteiger partial charge in [0.2, 0.25) is 5.91 Å². The number of amides is 2. The lowest BCUT2D eigenvalue weighted by Gasteiger charge is -2.31. The van der Waals surface area contributed by atoms with Crippen molar-refractivity contribution in [2.45, 2.75) is 43.9 Å². The van der Waals surface area contributed by atoms with Gasteiger partial charge in [-0.3, -0.25) is 9.59 Å². The molecule has 2 aromatic carbocycles. The van der Waals surface area contributed by atoms with Crippen LogP contribution in [-0.2, 0) is 22.7 Å². The summed E-state index contributed by atoms with van der Waals surface area (Å²) < 4.78 is 7.84. The average Bonchev–Trinajstić information content (AvgIpc) is 3.32. The van der Waals surface area contributed by atoms with E-state index in [-0.39, 0.29) is 23.8 Å². The Bertz CT molecular complexity index is 1200. The van der Waals surface area contributed by atoms with Gasteiger partial charge in [-0.1, -0.05) is 35.0 Å². The SMILES string of the molecule is CSc1ccc(NC(=O)C2CCN(C(=O)c3nnn4c3CO[C@H](c3ccc(C)cc3)C4)CC2)cc1. The molecule has 8 nitrogen and oxygen atoms in total. The van der Waals surface area contributed by atoms with Crippen LogP contribution in [0.5, 0.6) is 0 Å². The summed E-state index contributed by atoms with van der Waals surface area (Å²) in [6.45, 7) is 3.90. The second-order valence-corrected chi connectivity index (χ2v) is 9.94. The fourth-order valence-electron chi connectivity index (χ4n) is 4.57. The van der Waals surface area contributed by atoms with E-state index in [0.717, 1.165) is 16.1 Å². The number of anilines is 1. The third kappa shape index (κ3) is 5.11. The topological polar surface area (TPSA) is 89.4 Å². The molecule has 3 aromatic rings. The zero-order valence-electron chi connectivity index (χ0n) is 19.9. The molecular formula is C26H29N5O3S. The Kier molecular flexibility index (Phi) is 6.88. The number of thioether (sulfide) groups is 1. The molecule has 1 atom stereocenters. The lowest BCUT2D eigenvalue weighted by Crippen LogP contribution is -2.42. The fourth-order valence-corrected chi connectivity index (χ4v) is 4.98. The van der Waals surface area contributed by atoms with Crippen LogP contribution >= 0.6 is 11.8 Å². The molecule has 0 aliphatic carbocycles. The van der Waals surface area contributed by atoms with E-state index in [4.69, 9.17) is 4.74 Å². The van der Waals surface area contributed by atoms with Gasteiger partial charge in [0.05, 0.1) is 18.8 Å². The zero-order valence-corrected chi connectivity index (χ0v) is 20.8. The largest absolute Gasteiger partial charge is 0.365 e. The minimum atomic E-state index is -0.143. The van der Waals surface area contributed by atoms with E-state index in [0.29, 0.717) is 50.5 Å². The number of hydrogen-bond acceptors (Lipinski definition) is 6. The molecule has 0 bridgehead atoms. The normalized spacial score (nSPS) is 18.2. The van der Waals surface area contributed by atoms with Gasteiger partial charge >= 0.3 is 0 Å². The molecule has 1 saturated heterocycles. The number of piperidine rings is 1. The van der Waals surface area contributed by atoms with Crippen LogP contribution < -0.4 is 5.32 Å². The molecule has 1 aromatic heterocycles. The summed E-state index contributed by atoms with van der Waals surface area (Å²) in [5.74, 6) is -0.257. The van der Waals surface area contributed by atoms with Crippen molar-refractivity contribution in [3.8, 4) is 0 Å². The first-order valence-corrected chi connectivity index (χ1v) is 13.1. The molecule has 2 aliphatic rings. The summed E-state index contributed by atoms with van der Waals surface area (Å²) in [7, 11) is 0. The van der Waals surface area contributed by atoms with E-state index < -0.39 is 0 Å². The fraction of sp³-hybridized carbons (Fsp3) is 0.385. The minimum absolute atomic E-state index is 0.00517. The number of carbonyl (C=O) groups excluding carboxylic acids is 2. The molecule has 0 spiro atoms. The molecule has 0 radical (unpaired) electrons.